The van der Waals surface area contributed by atoms with E-state index in [1.54, 1.807) is 67.7 Å². The molecule has 0 radical (unpaired) electrons. The minimum absolute atomic E-state index is 0.00282. The Balaban J connectivity index is 2.48. The predicted molar refractivity (Wildman–Crippen MR) is 478 cm³/mol. The van der Waals surface area contributed by atoms with Gasteiger partial charge in [0.05, 0.1) is 12.1 Å². The molecule has 40 nitrogen and oxygen atoms in total. The fourth-order valence-electron chi connectivity index (χ4n) is 13.7. The maximum absolute atomic E-state index is 14.8. The minimum atomic E-state index is -1.76. The Labute approximate surface area is 741 Å². The van der Waals surface area contributed by atoms with Crippen LogP contribution in [0.2, 0.25) is 0 Å². The number of aliphatic hydroxyl groups excluding tert-OH is 1. The van der Waals surface area contributed by atoms with E-state index in [9.17, 15) is 86.9 Å². The van der Waals surface area contributed by atoms with Crippen LogP contribution in [0, 0.1) is 29.6 Å². The summed E-state index contributed by atoms with van der Waals surface area (Å²) in [6.45, 7) is 25.6. The first-order valence-electron chi connectivity index (χ1n) is 44.6. The maximum atomic E-state index is 14.8. The highest BCUT2D eigenvalue weighted by atomic mass is 16.4. The van der Waals surface area contributed by atoms with Gasteiger partial charge in [-0.15, -0.1) is 0 Å². The summed E-state index contributed by atoms with van der Waals surface area (Å²) in [6.07, 6.45) is 4.10. The Hall–Kier alpha value is -10.00. The van der Waals surface area contributed by atoms with Crippen molar-refractivity contribution in [1.29, 1.82) is 0 Å². The van der Waals surface area contributed by atoms with Crippen molar-refractivity contribution in [2.24, 2.45) is 64.0 Å². The van der Waals surface area contributed by atoms with Crippen LogP contribution in [-0.2, 0) is 83.1 Å². The zero-order valence-corrected chi connectivity index (χ0v) is 76.7. The Morgan fingerprint density at radius 3 is 0.905 bits per heavy atom. The lowest BCUT2D eigenvalue weighted by molar-refractivity contribution is -0.142. The Morgan fingerprint density at radius 2 is 0.571 bits per heavy atom. The van der Waals surface area contributed by atoms with Crippen LogP contribution < -0.4 is 114 Å². The second-order valence-corrected chi connectivity index (χ2v) is 34.9. The van der Waals surface area contributed by atoms with Crippen molar-refractivity contribution < 1.29 is 86.9 Å². The van der Waals surface area contributed by atoms with Crippen LogP contribution in [0.1, 0.15) is 231 Å². The van der Waals surface area contributed by atoms with Crippen LogP contribution >= 0.6 is 0 Å². The number of aromatic amines is 1. The van der Waals surface area contributed by atoms with Gasteiger partial charge in [0.1, 0.15) is 90.6 Å². The first-order chi connectivity index (χ1) is 59.3. The molecule has 15 amide bonds. The maximum Gasteiger partial charge on any atom is 0.326 e. The molecule has 40 heteroatoms. The van der Waals surface area contributed by atoms with Crippen LogP contribution in [0.4, 0.5) is 0 Å². The van der Waals surface area contributed by atoms with E-state index < -0.39 is 203 Å². The van der Waals surface area contributed by atoms with Crippen molar-refractivity contribution in [1.82, 2.24) is 84.7 Å². The number of benzene rings is 1. The molecular formula is C86H152N22O18. The molecule has 2 aromatic rings. The van der Waals surface area contributed by atoms with Crippen molar-refractivity contribution >= 4 is 105 Å². The molecule has 1 aromatic heterocycles. The van der Waals surface area contributed by atoms with Gasteiger partial charge in [0.2, 0.25) is 88.6 Å². The number of aromatic nitrogens is 1. The van der Waals surface area contributed by atoms with E-state index in [4.69, 9.17) is 34.4 Å². The van der Waals surface area contributed by atoms with Crippen LogP contribution in [0.25, 0.3) is 10.9 Å². The predicted octanol–water partition coefficient (Wildman–Crippen LogP) is -1.66. The fraction of sp³-hybridized carbons (Fsp3) is 0.721. The molecule has 0 spiro atoms. The van der Waals surface area contributed by atoms with Gasteiger partial charge in [-0.2, -0.15) is 0 Å². The van der Waals surface area contributed by atoms with Gasteiger partial charge in [0.15, 0.2) is 0 Å². The number of carbonyl (C=O) groups excluding carboxylic acids is 15. The zero-order valence-electron chi connectivity index (χ0n) is 76.7. The summed E-state index contributed by atoms with van der Waals surface area (Å²) < 4.78 is 0. The molecule has 17 atom stereocenters. The quantitative estimate of drug-likeness (QED) is 0.0330. The number of H-pyrrole nitrogens is 1. The number of carboxylic acid groups (broad SMARTS) is 1. The standard InChI is InChI=1S/C86H152N22O18/c1-46(2)40-64(102-71(110)51(11)92)81(120)104-68(44-56-45-93-58-29-17-16-28-57(56)58)83(122)100-62(33-21-26-38-90)78(117)108-70(55(15)109)85(124)106-67(43-49(7)8)82(121)103-65(41-47(3)4)79(118)99-60(31-19-24-36-88)76(115)97-61(32-20-25-37-89)77(116)107-69(50(9)10)84(123)105-66(42-48(5)6)80(119)98-59(30-18-23-35-87)75(114)96-53(13)73(112)94-52(12)72(111)95-54(14)74(113)101-63(86(125)126)34-22-27-39-91/h16-17,28-29,45-55,59-70,93,109H,18-27,30-44,87-92H2,1-15H3,(H,94,112)(H,95,111)(H,96,114)(H,97,115)(H,98,119)(H,99,118)(H,100,122)(H,101,113)(H,102,110)(H,103,121)(H,104,120)(H,105,123)(H,106,124)(H,107,116)(H,108,117)(H,125,126)/t51-,52-,53-,54-,55+,59-,60-,61-,62-,63-,64-,65-,66-,67-,68-,69-,70-/m0/s1. The monoisotopic (exact) mass is 1780 g/mol. The van der Waals surface area contributed by atoms with Crippen LogP contribution in [0.5, 0.6) is 0 Å². The molecule has 1 aromatic carbocycles. The van der Waals surface area contributed by atoms with Gasteiger partial charge in [-0.05, 0) is 231 Å². The van der Waals surface area contributed by atoms with Gasteiger partial charge in [-0.1, -0.05) is 87.4 Å². The van der Waals surface area contributed by atoms with Crippen LogP contribution in [0.15, 0.2) is 30.5 Å². The average molecular weight is 1780 g/mol. The van der Waals surface area contributed by atoms with E-state index in [1.807, 2.05) is 32.0 Å². The molecular weight excluding hydrogens is 1630 g/mol. The SMILES string of the molecule is CC(C)C[C@H](NC(=O)[C@H](C)N)C(=O)N[C@@H](Cc1c[nH]c2ccccc12)C(=O)N[C@@H](CCCCN)C(=O)N[C@H](C(=O)N[C@@H](CC(C)C)C(=O)N[C@@H](CC(C)C)C(=O)N[C@@H](CCCCN)C(=O)N[C@@H](CCCCN)C(=O)N[C@H](C(=O)N[C@@H](CC(C)C)C(=O)N[C@@H](CCCCN)C(=O)N[C@@H](C)C(=O)N[C@@H](C)C(=O)N[C@@H](C)C(=O)N[C@@H](CCCCN)C(=O)O)C(C)C)[C@@H](C)O. The van der Waals surface area contributed by atoms with Gasteiger partial charge >= 0.3 is 5.97 Å². The number of nitrogens with two attached hydrogens (primary N) is 6. The number of aliphatic carboxylic acids is 1. The number of unbranched alkanes of at least 4 members (excludes halogenated alkanes) is 5. The fourth-order valence-corrected chi connectivity index (χ4v) is 13.7. The van der Waals surface area contributed by atoms with E-state index in [1.165, 1.54) is 34.6 Å². The zero-order chi connectivity index (χ0) is 95.2. The van der Waals surface area contributed by atoms with Gasteiger partial charge in [-0.3, -0.25) is 71.9 Å². The Kier molecular flexibility index (Phi) is 52.6. The third-order valence-electron chi connectivity index (χ3n) is 21.0. The summed E-state index contributed by atoms with van der Waals surface area (Å²) >= 11 is 0. The van der Waals surface area contributed by atoms with Gasteiger partial charge < -0.3 is 129 Å². The number of rotatable bonds is 63. The molecule has 1 heterocycles. The van der Waals surface area contributed by atoms with Crippen LogP contribution in [-0.4, -0.2) is 245 Å². The number of fused-ring (bicyclic) bond motifs is 1. The minimum Gasteiger partial charge on any atom is -0.480 e. The van der Waals surface area contributed by atoms with Crippen molar-refractivity contribution in [2.75, 3.05) is 32.7 Å². The molecule has 0 saturated heterocycles. The molecule has 0 fully saturated rings. The topological polar surface area (TPSA) is 666 Å². The average Bonchev–Trinajstić information content (AvgIpc) is 1.70. The highest BCUT2D eigenvalue weighted by Gasteiger charge is 2.40. The lowest BCUT2D eigenvalue weighted by Gasteiger charge is -2.30. The number of nitrogens with one attached hydrogen (secondary N) is 16. The van der Waals surface area contributed by atoms with E-state index in [0.29, 0.717) is 76.3 Å². The van der Waals surface area contributed by atoms with Gasteiger partial charge in [0.25, 0.3) is 0 Å². The lowest BCUT2D eigenvalue weighted by Crippen LogP contribution is -2.62. The Morgan fingerprint density at radius 1 is 0.310 bits per heavy atom. The summed E-state index contributed by atoms with van der Waals surface area (Å²) in [7, 11) is 0. The number of carbonyl (C=O) groups is 16. The molecule has 0 aliphatic rings. The van der Waals surface area contributed by atoms with E-state index in [2.05, 4.69) is 84.7 Å². The molecule has 2 rings (SSSR count). The van der Waals surface area contributed by atoms with Crippen molar-refractivity contribution in [3.8, 4) is 0 Å². The van der Waals surface area contributed by atoms with E-state index in [0.717, 1.165) is 10.9 Å². The summed E-state index contributed by atoms with van der Waals surface area (Å²) in [5.74, 6) is -15.0. The molecule has 0 aliphatic heterocycles. The van der Waals surface area contributed by atoms with Gasteiger partial charge in [0, 0.05) is 23.5 Å². The highest BCUT2D eigenvalue weighted by Crippen LogP contribution is 2.22. The third-order valence-corrected chi connectivity index (χ3v) is 21.0. The number of hydrogen-bond acceptors (Lipinski definition) is 23. The smallest absolute Gasteiger partial charge is 0.326 e. The second kappa shape index (κ2) is 59.1. The molecule has 0 bridgehead atoms. The lowest BCUT2D eigenvalue weighted by atomic mass is 9.98. The highest BCUT2D eigenvalue weighted by molar-refractivity contribution is 6.01. The second-order valence-electron chi connectivity index (χ2n) is 34.9. The largest absolute Gasteiger partial charge is 0.480 e. The summed E-state index contributed by atoms with van der Waals surface area (Å²) in [5, 5.41) is 61.5. The van der Waals surface area contributed by atoms with Crippen LogP contribution in [0.3, 0.4) is 0 Å². The normalized spacial score (nSPS) is 15.6. The molecule has 0 saturated carbocycles. The third kappa shape index (κ3) is 41.6. The molecule has 0 aliphatic carbocycles. The number of para-hydroxylation sites is 1. The van der Waals surface area contributed by atoms with Crippen molar-refractivity contribution in [3.63, 3.8) is 0 Å². The summed E-state index contributed by atoms with van der Waals surface area (Å²) in [4.78, 5) is 228. The Bertz CT molecular complexity index is 3800. The molecule has 30 N–H and O–H groups in total. The van der Waals surface area contributed by atoms with Crippen molar-refractivity contribution in [2.45, 2.75) is 335 Å². The van der Waals surface area contributed by atoms with Gasteiger partial charge in [-0.25, -0.2) is 4.79 Å². The number of amides is 15. The number of carboxylic acids is 1. The molecule has 714 valence electrons. The van der Waals surface area contributed by atoms with E-state index >= 15 is 0 Å². The summed E-state index contributed by atoms with van der Waals surface area (Å²) in [6, 6.07) is -13.7. The number of aliphatic hydroxyl groups is 1. The van der Waals surface area contributed by atoms with E-state index in [-0.39, 0.29) is 114 Å². The number of hydrogen-bond donors (Lipinski definition) is 24. The first-order valence-corrected chi connectivity index (χ1v) is 44.6. The molecule has 126 heavy (non-hydrogen) atoms. The van der Waals surface area contributed by atoms with Crippen molar-refractivity contribution in [3.05, 3.63) is 36.0 Å². The first kappa shape index (κ1) is 112. The summed E-state index contributed by atoms with van der Waals surface area (Å²) in [5.41, 5.74) is 36.3. The molecule has 0 unspecified atom stereocenters.